The number of ether oxygens (including phenoxy) is 1. The van der Waals surface area contributed by atoms with E-state index in [2.05, 4.69) is 27.3 Å². The molecule has 0 amide bonds. The Morgan fingerprint density at radius 2 is 1.79 bits per heavy atom. The van der Waals surface area contributed by atoms with Gasteiger partial charge in [0.25, 0.3) is 5.78 Å². The van der Waals surface area contributed by atoms with Gasteiger partial charge in [0.15, 0.2) is 0 Å². The van der Waals surface area contributed by atoms with Gasteiger partial charge in [-0.15, -0.1) is 5.10 Å². The van der Waals surface area contributed by atoms with Gasteiger partial charge < -0.3 is 4.74 Å². The van der Waals surface area contributed by atoms with Crippen molar-refractivity contribution in [3.8, 4) is 17.0 Å². The Hall–Kier alpha value is -3.21. The molecule has 5 heteroatoms. The molecule has 0 radical (unpaired) electrons. The summed E-state index contributed by atoms with van der Waals surface area (Å²) >= 11 is 0. The molecule has 0 aliphatic rings. The van der Waals surface area contributed by atoms with Crippen molar-refractivity contribution >= 4 is 5.78 Å². The van der Waals surface area contributed by atoms with E-state index in [9.17, 15) is 0 Å². The van der Waals surface area contributed by atoms with Crippen LogP contribution >= 0.6 is 0 Å². The van der Waals surface area contributed by atoms with E-state index in [0.29, 0.717) is 12.4 Å². The van der Waals surface area contributed by atoms with Gasteiger partial charge in [-0.25, -0.2) is 4.98 Å². The Labute approximate surface area is 139 Å². The van der Waals surface area contributed by atoms with Gasteiger partial charge in [0.05, 0.1) is 18.5 Å². The Morgan fingerprint density at radius 1 is 0.958 bits per heavy atom. The van der Waals surface area contributed by atoms with E-state index in [1.54, 1.807) is 6.20 Å². The summed E-state index contributed by atoms with van der Waals surface area (Å²) in [6, 6.07) is 18.3. The van der Waals surface area contributed by atoms with Gasteiger partial charge in [0.1, 0.15) is 5.75 Å². The molecule has 4 aromatic rings. The summed E-state index contributed by atoms with van der Waals surface area (Å²) in [4.78, 5) is 4.46. The van der Waals surface area contributed by atoms with Gasteiger partial charge in [-0.3, -0.25) is 4.40 Å². The standard InChI is InChI=1S/C19H16N4O/c1-2-4-15(5-3-1)10-13-24-17-8-6-16(7-9-17)18-14-23-12-11-20-22-19(23)21-18/h1-9,11-12,14H,10,13H2. The summed E-state index contributed by atoms with van der Waals surface area (Å²) in [7, 11) is 0. The number of imidazole rings is 1. The first-order valence-electron chi connectivity index (χ1n) is 7.82. The van der Waals surface area contributed by atoms with E-state index >= 15 is 0 Å². The Kier molecular flexibility index (Phi) is 3.90. The van der Waals surface area contributed by atoms with Crippen molar-refractivity contribution in [3.05, 3.63) is 78.8 Å². The van der Waals surface area contributed by atoms with E-state index in [0.717, 1.165) is 23.4 Å². The van der Waals surface area contributed by atoms with Crippen molar-refractivity contribution < 1.29 is 4.74 Å². The third-order valence-electron chi connectivity index (χ3n) is 3.81. The first-order valence-corrected chi connectivity index (χ1v) is 7.82. The van der Waals surface area contributed by atoms with Crippen molar-refractivity contribution in [2.45, 2.75) is 6.42 Å². The van der Waals surface area contributed by atoms with Gasteiger partial charge in [0, 0.05) is 24.4 Å². The molecule has 0 saturated carbocycles. The van der Waals surface area contributed by atoms with Crippen molar-refractivity contribution in [1.29, 1.82) is 0 Å². The third-order valence-corrected chi connectivity index (χ3v) is 3.81. The highest BCUT2D eigenvalue weighted by Crippen LogP contribution is 2.21. The fourth-order valence-electron chi connectivity index (χ4n) is 2.55. The van der Waals surface area contributed by atoms with Crippen LogP contribution in [0.25, 0.3) is 17.0 Å². The van der Waals surface area contributed by atoms with E-state index in [1.165, 1.54) is 5.56 Å². The van der Waals surface area contributed by atoms with Crippen LogP contribution in [0.1, 0.15) is 5.56 Å². The molecule has 0 atom stereocenters. The number of hydrogen-bond acceptors (Lipinski definition) is 4. The fourth-order valence-corrected chi connectivity index (χ4v) is 2.55. The van der Waals surface area contributed by atoms with Gasteiger partial charge >= 0.3 is 0 Å². The summed E-state index contributed by atoms with van der Waals surface area (Å²) in [5.74, 6) is 1.45. The van der Waals surface area contributed by atoms with E-state index < -0.39 is 0 Å². The summed E-state index contributed by atoms with van der Waals surface area (Å²) in [5, 5.41) is 7.83. The average molecular weight is 316 g/mol. The molecule has 0 N–H and O–H groups in total. The van der Waals surface area contributed by atoms with Gasteiger partial charge in [-0.05, 0) is 29.8 Å². The van der Waals surface area contributed by atoms with Crippen LogP contribution < -0.4 is 4.74 Å². The minimum atomic E-state index is 0.593. The lowest BCUT2D eigenvalue weighted by Gasteiger charge is -2.06. The molecule has 2 heterocycles. The molecule has 0 aliphatic heterocycles. The fraction of sp³-hybridized carbons (Fsp3) is 0.105. The molecule has 0 fully saturated rings. The molecule has 24 heavy (non-hydrogen) atoms. The number of rotatable bonds is 5. The molecule has 0 bridgehead atoms. The maximum Gasteiger partial charge on any atom is 0.254 e. The predicted molar refractivity (Wildman–Crippen MR) is 91.9 cm³/mol. The minimum absolute atomic E-state index is 0.593. The number of aromatic nitrogens is 4. The van der Waals surface area contributed by atoms with E-state index in [-0.39, 0.29) is 0 Å². The Balaban J connectivity index is 1.42. The highest BCUT2D eigenvalue weighted by atomic mass is 16.5. The quantitative estimate of drug-likeness (QED) is 0.566. The SMILES string of the molecule is c1ccc(CCOc2ccc(-c3cn4ccnnc4n3)cc2)cc1. The lowest BCUT2D eigenvalue weighted by atomic mass is 10.1. The lowest BCUT2D eigenvalue weighted by Crippen LogP contribution is -2.00. The molecule has 0 unspecified atom stereocenters. The molecular weight excluding hydrogens is 300 g/mol. The summed E-state index contributed by atoms with van der Waals surface area (Å²) in [6.45, 7) is 0.660. The van der Waals surface area contributed by atoms with Crippen molar-refractivity contribution in [2.24, 2.45) is 0 Å². The molecule has 118 valence electrons. The normalized spacial score (nSPS) is 10.8. The summed E-state index contributed by atoms with van der Waals surface area (Å²) in [5.41, 5.74) is 3.17. The van der Waals surface area contributed by atoms with Crippen molar-refractivity contribution in [2.75, 3.05) is 6.61 Å². The number of fused-ring (bicyclic) bond motifs is 1. The van der Waals surface area contributed by atoms with Crippen LogP contribution in [0.3, 0.4) is 0 Å². The molecule has 4 rings (SSSR count). The van der Waals surface area contributed by atoms with Gasteiger partial charge in [-0.1, -0.05) is 30.3 Å². The van der Waals surface area contributed by atoms with Crippen LogP contribution in [0.2, 0.25) is 0 Å². The van der Waals surface area contributed by atoms with Crippen LogP contribution in [-0.2, 0) is 6.42 Å². The van der Waals surface area contributed by atoms with E-state index in [4.69, 9.17) is 4.74 Å². The molecule has 0 saturated heterocycles. The maximum atomic E-state index is 5.81. The zero-order valence-corrected chi connectivity index (χ0v) is 13.0. The lowest BCUT2D eigenvalue weighted by molar-refractivity contribution is 0.322. The van der Waals surface area contributed by atoms with Crippen LogP contribution in [-0.4, -0.2) is 26.2 Å². The molecule has 0 aliphatic carbocycles. The second-order valence-corrected chi connectivity index (χ2v) is 5.46. The molecular formula is C19H16N4O. The maximum absolute atomic E-state index is 5.81. The van der Waals surface area contributed by atoms with E-state index in [1.807, 2.05) is 59.3 Å². The average Bonchev–Trinajstić information content (AvgIpc) is 3.07. The Bertz CT molecular complexity index is 899. The zero-order valence-electron chi connectivity index (χ0n) is 13.0. The first kappa shape index (κ1) is 14.4. The minimum Gasteiger partial charge on any atom is -0.493 e. The highest BCUT2D eigenvalue weighted by molar-refractivity contribution is 5.62. The summed E-state index contributed by atoms with van der Waals surface area (Å²) < 4.78 is 7.67. The van der Waals surface area contributed by atoms with Crippen LogP contribution in [0.5, 0.6) is 5.75 Å². The smallest absolute Gasteiger partial charge is 0.254 e. The monoisotopic (exact) mass is 316 g/mol. The zero-order chi connectivity index (χ0) is 16.2. The summed E-state index contributed by atoms with van der Waals surface area (Å²) in [6.07, 6.45) is 6.31. The largest absolute Gasteiger partial charge is 0.493 e. The molecule has 5 nitrogen and oxygen atoms in total. The predicted octanol–water partition coefficient (Wildman–Crippen LogP) is 3.41. The van der Waals surface area contributed by atoms with Crippen LogP contribution in [0, 0.1) is 0 Å². The van der Waals surface area contributed by atoms with Crippen molar-refractivity contribution in [3.63, 3.8) is 0 Å². The third kappa shape index (κ3) is 3.10. The number of benzene rings is 2. The topological polar surface area (TPSA) is 52.3 Å². The Morgan fingerprint density at radius 3 is 2.58 bits per heavy atom. The highest BCUT2D eigenvalue weighted by Gasteiger charge is 2.05. The van der Waals surface area contributed by atoms with Crippen molar-refractivity contribution in [1.82, 2.24) is 19.6 Å². The molecule has 2 aromatic heterocycles. The number of hydrogen-bond donors (Lipinski definition) is 0. The molecule has 2 aromatic carbocycles. The molecule has 0 spiro atoms. The van der Waals surface area contributed by atoms with Gasteiger partial charge in [-0.2, -0.15) is 5.10 Å². The van der Waals surface area contributed by atoms with Crippen LogP contribution in [0.15, 0.2) is 73.2 Å². The second-order valence-electron chi connectivity index (χ2n) is 5.46. The first-order chi connectivity index (χ1) is 11.9. The van der Waals surface area contributed by atoms with Gasteiger partial charge in [0.2, 0.25) is 0 Å². The second kappa shape index (κ2) is 6.50. The van der Waals surface area contributed by atoms with Crippen LogP contribution in [0.4, 0.5) is 0 Å². The number of nitrogens with zero attached hydrogens (tertiary/aromatic N) is 4.